The highest BCUT2D eigenvalue weighted by molar-refractivity contribution is 6.31. The van der Waals surface area contributed by atoms with Crippen LogP contribution in [0, 0.1) is 0 Å². The van der Waals surface area contributed by atoms with Gasteiger partial charge in [-0.05, 0) is 11.6 Å². The molecule has 1 heterocycles. The lowest BCUT2D eigenvalue weighted by molar-refractivity contribution is 0.686. The average molecular weight is 241 g/mol. The minimum Gasteiger partial charge on any atom is -0.268 e. The van der Waals surface area contributed by atoms with Crippen LogP contribution >= 0.6 is 23.2 Å². The molecule has 0 aliphatic rings. The highest BCUT2D eigenvalue weighted by Gasteiger charge is 2.01. The molecule has 0 saturated carbocycles. The molecule has 15 heavy (non-hydrogen) atoms. The van der Waals surface area contributed by atoms with Gasteiger partial charge in [0.05, 0.1) is 18.6 Å². The third-order valence-corrected chi connectivity index (χ3v) is 2.81. The van der Waals surface area contributed by atoms with E-state index in [1.54, 1.807) is 6.20 Å². The molecule has 1 aromatic heterocycles. The molecule has 0 amide bonds. The van der Waals surface area contributed by atoms with Crippen LogP contribution in [0.25, 0.3) is 0 Å². The predicted octanol–water partition coefficient (Wildman–Crippen LogP) is 3.32. The Labute approximate surface area is 98.4 Å². The van der Waals surface area contributed by atoms with Gasteiger partial charge < -0.3 is 0 Å². The Balaban J connectivity index is 2.18. The Hall–Kier alpha value is -0.990. The average Bonchev–Trinajstić information content (AvgIpc) is 2.69. The molecule has 0 aliphatic carbocycles. The SMILES string of the molecule is ClCc1cnn(Cc2ccccc2Cl)c1. The second-order valence-electron chi connectivity index (χ2n) is 3.27. The molecular weight excluding hydrogens is 231 g/mol. The van der Waals surface area contributed by atoms with Crippen LogP contribution in [0.2, 0.25) is 5.02 Å². The Kier molecular flexibility index (Phi) is 3.29. The molecule has 0 unspecified atom stereocenters. The Morgan fingerprint density at radius 1 is 1.27 bits per heavy atom. The van der Waals surface area contributed by atoms with Crippen LogP contribution in [0.3, 0.4) is 0 Å². The van der Waals surface area contributed by atoms with E-state index in [1.807, 2.05) is 35.1 Å². The number of nitrogens with zero attached hydrogens (tertiary/aromatic N) is 2. The minimum atomic E-state index is 0.489. The first-order valence-electron chi connectivity index (χ1n) is 4.60. The van der Waals surface area contributed by atoms with Crippen molar-refractivity contribution in [1.82, 2.24) is 9.78 Å². The fourth-order valence-corrected chi connectivity index (χ4v) is 1.70. The molecule has 78 valence electrons. The van der Waals surface area contributed by atoms with Gasteiger partial charge in [-0.15, -0.1) is 11.6 Å². The number of aromatic nitrogens is 2. The normalized spacial score (nSPS) is 10.5. The first-order valence-corrected chi connectivity index (χ1v) is 5.51. The molecule has 0 aliphatic heterocycles. The van der Waals surface area contributed by atoms with E-state index in [4.69, 9.17) is 23.2 Å². The van der Waals surface area contributed by atoms with Crippen LogP contribution < -0.4 is 0 Å². The smallest absolute Gasteiger partial charge is 0.0673 e. The van der Waals surface area contributed by atoms with Crippen LogP contribution in [0.4, 0.5) is 0 Å². The second kappa shape index (κ2) is 4.69. The molecule has 2 nitrogen and oxygen atoms in total. The highest BCUT2D eigenvalue weighted by Crippen LogP contribution is 2.16. The van der Waals surface area contributed by atoms with Gasteiger partial charge in [0.15, 0.2) is 0 Å². The van der Waals surface area contributed by atoms with E-state index in [0.717, 1.165) is 16.1 Å². The van der Waals surface area contributed by atoms with Gasteiger partial charge in [0.2, 0.25) is 0 Å². The fraction of sp³-hybridized carbons (Fsp3) is 0.182. The summed E-state index contributed by atoms with van der Waals surface area (Å²) in [6.07, 6.45) is 3.69. The van der Waals surface area contributed by atoms with Crippen molar-refractivity contribution in [3.05, 3.63) is 52.8 Å². The third-order valence-electron chi connectivity index (χ3n) is 2.13. The molecular formula is C11H10Cl2N2. The summed E-state index contributed by atoms with van der Waals surface area (Å²) in [6.45, 7) is 0.677. The second-order valence-corrected chi connectivity index (χ2v) is 3.95. The van der Waals surface area contributed by atoms with Gasteiger partial charge in [-0.25, -0.2) is 0 Å². The zero-order chi connectivity index (χ0) is 10.7. The Morgan fingerprint density at radius 2 is 2.07 bits per heavy atom. The van der Waals surface area contributed by atoms with Crippen molar-refractivity contribution in [3.8, 4) is 0 Å². The lowest BCUT2D eigenvalue weighted by Gasteiger charge is -2.03. The third kappa shape index (κ3) is 2.52. The van der Waals surface area contributed by atoms with Crippen LogP contribution in [-0.4, -0.2) is 9.78 Å². The molecule has 0 fully saturated rings. The maximum atomic E-state index is 6.05. The van der Waals surface area contributed by atoms with Crippen LogP contribution in [0.5, 0.6) is 0 Å². The van der Waals surface area contributed by atoms with Crippen molar-refractivity contribution in [2.75, 3.05) is 0 Å². The zero-order valence-electron chi connectivity index (χ0n) is 8.03. The largest absolute Gasteiger partial charge is 0.268 e. The summed E-state index contributed by atoms with van der Waals surface area (Å²) in [5.41, 5.74) is 2.08. The van der Waals surface area contributed by atoms with E-state index >= 15 is 0 Å². The van der Waals surface area contributed by atoms with Gasteiger partial charge >= 0.3 is 0 Å². The maximum Gasteiger partial charge on any atom is 0.0673 e. The molecule has 4 heteroatoms. The van der Waals surface area contributed by atoms with Crippen molar-refractivity contribution in [1.29, 1.82) is 0 Å². The van der Waals surface area contributed by atoms with Crippen molar-refractivity contribution in [2.45, 2.75) is 12.4 Å². The highest BCUT2D eigenvalue weighted by atomic mass is 35.5. The number of hydrogen-bond donors (Lipinski definition) is 0. The zero-order valence-corrected chi connectivity index (χ0v) is 9.54. The van der Waals surface area contributed by atoms with Gasteiger partial charge in [0.1, 0.15) is 0 Å². The number of rotatable bonds is 3. The molecule has 0 N–H and O–H groups in total. The quantitative estimate of drug-likeness (QED) is 0.753. The first kappa shape index (κ1) is 10.5. The van der Waals surface area contributed by atoms with Gasteiger partial charge in [-0.2, -0.15) is 5.10 Å². The van der Waals surface area contributed by atoms with Crippen LogP contribution in [0.15, 0.2) is 36.7 Å². The van der Waals surface area contributed by atoms with Crippen LogP contribution in [0.1, 0.15) is 11.1 Å². The monoisotopic (exact) mass is 240 g/mol. The summed E-state index contributed by atoms with van der Waals surface area (Å²) >= 11 is 11.7. The number of benzene rings is 1. The summed E-state index contributed by atoms with van der Waals surface area (Å²) in [5.74, 6) is 0.489. The summed E-state index contributed by atoms with van der Waals surface area (Å²) in [6, 6.07) is 7.75. The van der Waals surface area contributed by atoms with E-state index < -0.39 is 0 Å². The topological polar surface area (TPSA) is 17.8 Å². The fourth-order valence-electron chi connectivity index (χ4n) is 1.36. The van der Waals surface area contributed by atoms with Crippen molar-refractivity contribution in [3.63, 3.8) is 0 Å². The molecule has 0 atom stereocenters. The molecule has 2 aromatic rings. The van der Waals surface area contributed by atoms with Gasteiger partial charge in [0.25, 0.3) is 0 Å². The maximum absolute atomic E-state index is 6.05. The summed E-state index contributed by atoms with van der Waals surface area (Å²) in [7, 11) is 0. The Morgan fingerprint density at radius 3 is 2.73 bits per heavy atom. The lowest BCUT2D eigenvalue weighted by Crippen LogP contribution is -2.00. The minimum absolute atomic E-state index is 0.489. The summed E-state index contributed by atoms with van der Waals surface area (Å²) in [4.78, 5) is 0. The van der Waals surface area contributed by atoms with Crippen LogP contribution in [-0.2, 0) is 12.4 Å². The summed E-state index contributed by atoms with van der Waals surface area (Å²) < 4.78 is 1.83. The van der Waals surface area contributed by atoms with Gasteiger partial charge in [-0.3, -0.25) is 4.68 Å². The van der Waals surface area contributed by atoms with Crippen molar-refractivity contribution in [2.24, 2.45) is 0 Å². The Bertz CT molecular complexity index is 451. The van der Waals surface area contributed by atoms with Gasteiger partial charge in [0, 0.05) is 16.8 Å². The number of halogens is 2. The molecule has 2 rings (SSSR count). The summed E-state index contributed by atoms with van der Waals surface area (Å²) in [5, 5.41) is 4.96. The molecule has 0 saturated heterocycles. The molecule has 0 bridgehead atoms. The predicted molar refractivity (Wildman–Crippen MR) is 62.3 cm³/mol. The standard InChI is InChI=1S/C11H10Cl2N2/c12-5-9-6-14-15(7-9)8-10-3-1-2-4-11(10)13/h1-4,6-7H,5,8H2. The van der Waals surface area contributed by atoms with Crippen molar-refractivity contribution < 1.29 is 0 Å². The van der Waals surface area contributed by atoms with E-state index in [1.165, 1.54) is 0 Å². The van der Waals surface area contributed by atoms with E-state index in [2.05, 4.69) is 5.10 Å². The number of alkyl halides is 1. The molecule has 1 aromatic carbocycles. The van der Waals surface area contributed by atoms with Crippen molar-refractivity contribution >= 4 is 23.2 Å². The van der Waals surface area contributed by atoms with E-state index in [0.29, 0.717) is 12.4 Å². The molecule has 0 radical (unpaired) electrons. The number of hydrogen-bond acceptors (Lipinski definition) is 1. The molecule has 0 spiro atoms. The van der Waals surface area contributed by atoms with Gasteiger partial charge in [-0.1, -0.05) is 29.8 Å². The first-order chi connectivity index (χ1) is 7.29. The van der Waals surface area contributed by atoms with E-state index in [-0.39, 0.29) is 0 Å². The van der Waals surface area contributed by atoms with E-state index in [9.17, 15) is 0 Å². The lowest BCUT2D eigenvalue weighted by atomic mass is 10.2.